The summed E-state index contributed by atoms with van der Waals surface area (Å²) in [7, 11) is -4.41. The molecule has 0 spiro atoms. The highest BCUT2D eigenvalue weighted by Gasteiger charge is 2.61. The Morgan fingerprint density at radius 1 is 1.07 bits per heavy atom. The van der Waals surface area contributed by atoms with Gasteiger partial charge in [-0.05, 0) is 12.5 Å². The number of hydrogen-bond donors (Lipinski definition) is 4. The van der Waals surface area contributed by atoms with Gasteiger partial charge in [-0.15, -0.1) is 0 Å². The minimum Gasteiger partial charge on any atom is -0.477 e. The maximum Gasteiger partial charge on any atom is 0.352 e. The van der Waals surface area contributed by atoms with Gasteiger partial charge in [-0.3, -0.25) is 38.6 Å². The number of ether oxygens (including phenoxy) is 1. The molecule has 7 amide bonds. The molecule has 0 bridgehead atoms. The van der Waals surface area contributed by atoms with Crippen molar-refractivity contribution in [2.45, 2.75) is 37.5 Å². The van der Waals surface area contributed by atoms with Crippen LogP contribution < -0.4 is 16.0 Å². The predicted molar refractivity (Wildman–Crippen MR) is 147 cm³/mol. The molecule has 3 aliphatic heterocycles. The van der Waals surface area contributed by atoms with Crippen LogP contribution >= 0.6 is 0 Å². The molecule has 18 nitrogen and oxygen atoms in total. The fraction of sp³-hybridized carbons (Fsp3) is 0.385. The molecule has 0 saturated carbocycles. The van der Waals surface area contributed by atoms with E-state index in [1.807, 2.05) is 5.32 Å². The number of esters is 1. The summed E-state index contributed by atoms with van der Waals surface area (Å²) >= 11 is 0. The third-order valence-electron chi connectivity index (χ3n) is 7.24. The van der Waals surface area contributed by atoms with Crippen LogP contribution in [0.25, 0.3) is 0 Å². The minimum absolute atomic E-state index is 0.0469. The molecule has 1 aromatic rings. The van der Waals surface area contributed by atoms with Crippen LogP contribution in [0, 0.1) is 0 Å². The highest BCUT2D eigenvalue weighted by atomic mass is 32.2. The molecule has 1 aromatic carbocycles. The smallest absolute Gasteiger partial charge is 0.352 e. The zero-order valence-corrected chi connectivity index (χ0v) is 24.6. The number of imide groups is 1. The fourth-order valence-corrected chi connectivity index (χ4v) is 7.18. The van der Waals surface area contributed by atoms with Crippen molar-refractivity contribution in [1.29, 1.82) is 0 Å². The van der Waals surface area contributed by atoms with Crippen molar-refractivity contribution >= 4 is 57.8 Å². The summed E-state index contributed by atoms with van der Waals surface area (Å²) in [5.74, 6) is -8.24. The largest absolute Gasteiger partial charge is 0.477 e. The van der Waals surface area contributed by atoms with Gasteiger partial charge in [0.1, 0.15) is 17.8 Å². The van der Waals surface area contributed by atoms with Crippen LogP contribution in [0.4, 0.5) is 4.79 Å². The van der Waals surface area contributed by atoms with Crippen molar-refractivity contribution in [2.24, 2.45) is 0 Å². The van der Waals surface area contributed by atoms with Crippen molar-refractivity contribution in [3.8, 4) is 0 Å². The van der Waals surface area contributed by atoms with Crippen molar-refractivity contribution in [1.82, 2.24) is 30.7 Å². The number of fused-ring (bicyclic) bond motifs is 1. The van der Waals surface area contributed by atoms with E-state index >= 15 is 0 Å². The van der Waals surface area contributed by atoms with Crippen LogP contribution in [0.5, 0.6) is 0 Å². The van der Waals surface area contributed by atoms with E-state index in [2.05, 4.69) is 10.6 Å². The number of carboxylic acid groups (broad SMARTS) is 1. The molecule has 45 heavy (non-hydrogen) atoms. The standard InChI is InChI=1S/C26H28N6O12S/c1-3-30-9-10-31(23(38)22(30)37)26(41)28-16(14-7-5-4-6-8-14)19(35)29-20(44-13(2)34)15-11-45(42,43)24-17(27-12-33)21(36)32(24)18(15)25(39)40/h4-8,12,16-17,20,24H,3,9-11H2,1-2H3,(H,27,33)(H,28,41)(H,29,35)(H,39,40)/t16?,17-,20?,24-/m1/s1. The summed E-state index contributed by atoms with van der Waals surface area (Å²) in [6.07, 6.45) is -1.98. The average molecular weight is 649 g/mol. The van der Waals surface area contributed by atoms with Gasteiger partial charge in [-0.1, -0.05) is 30.3 Å². The Morgan fingerprint density at radius 3 is 2.31 bits per heavy atom. The number of carbonyl (C=O) groups is 8. The van der Waals surface area contributed by atoms with E-state index < -0.39 is 92.1 Å². The quantitative estimate of drug-likeness (QED) is 0.0660. The Balaban J connectivity index is 1.69. The number of carboxylic acids is 1. The number of aliphatic carboxylic acids is 1. The van der Waals surface area contributed by atoms with Gasteiger partial charge in [0.2, 0.25) is 18.5 Å². The molecule has 0 radical (unpaired) electrons. The van der Waals surface area contributed by atoms with Gasteiger partial charge in [-0.25, -0.2) is 18.0 Å². The summed E-state index contributed by atoms with van der Waals surface area (Å²) in [6, 6.07) is 3.14. The Morgan fingerprint density at radius 2 is 1.73 bits per heavy atom. The number of piperazine rings is 1. The van der Waals surface area contributed by atoms with E-state index in [4.69, 9.17) is 4.74 Å². The van der Waals surface area contributed by atoms with E-state index in [9.17, 15) is 51.9 Å². The number of hydrogen-bond acceptors (Lipinski definition) is 11. The van der Waals surface area contributed by atoms with Crippen LogP contribution in [0.2, 0.25) is 0 Å². The zero-order chi connectivity index (χ0) is 33.2. The number of β-lactam (4-membered cyclic amide) rings is 1. The topological polar surface area (TPSA) is 246 Å². The first kappa shape index (κ1) is 32.6. The van der Waals surface area contributed by atoms with Crippen molar-refractivity contribution in [3.05, 3.63) is 47.2 Å². The summed E-state index contributed by atoms with van der Waals surface area (Å²) < 4.78 is 31.4. The number of sulfone groups is 1. The molecule has 4 atom stereocenters. The molecule has 4 N–H and O–H groups in total. The highest BCUT2D eigenvalue weighted by molar-refractivity contribution is 7.92. The van der Waals surface area contributed by atoms with E-state index in [1.54, 1.807) is 13.0 Å². The van der Waals surface area contributed by atoms with E-state index in [0.29, 0.717) is 9.80 Å². The third kappa shape index (κ3) is 6.19. The number of rotatable bonds is 10. The lowest BCUT2D eigenvalue weighted by Crippen LogP contribution is -2.74. The maximum atomic E-state index is 13.7. The monoisotopic (exact) mass is 648 g/mol. The number of nitrogens with one attached hydrogen (secondary N) is 3. The lowest BCUT2D eigenvalue weighted by Gasteiger charge is -2.49. The van der Waals surface area contributed by atoms with Crippen LogP contribution in [0.3, 0.4) is 0 Å². The highest BCUT2D eigenvalue weighted by Crippen LogP contribution is 2.38. The molecule has 0 aromatic heterocycles. The first-order chi connectivity index (χ1) is 21.2. The minimum atomic E-state index is -4.41. The molecule has 2 fully saturated rings. The number of nitrogens with zero attached hydrogens (tertiary/aromatic N) is 3. The first-order valence-corrected chi connectivity index (χ1v) is 15.1. The van der Waals surface area contributed by atoms with Crippen LogP contribution in [-0.4, -0.2) is 119 Å². The molecule has 3 aliphatic rings. The normalized spacial score (nSPS) is 22.0. The molecule has 0 aliphatic carbocycles. The zero-order valence-electron chi connectivity index (χ0n) is 23.8. The lowest BCUT2D eigenvalue weighted by atomic mass is 10.0. The van der Waals surface area contributed by atoms with Gasteiger partial charge >= 0.3 is 29.8 Å². The summed E-state index contributed by atoms with van der Waals surface area (Å²) in [5.41, 5.74) is -1.44. The fourth-order valence-electron chi connectivity index (χ4n) is 5.15. The van der Waals surface area contributed by atoms with Crippen molar-refractivity contribution < 1.29 is 56.6 Å². The second-order valence-corrected chi connectivity index (χ2v) is 12.1. The first-order valence-electron chi connectivity index (χ1n) is 13.4. The molecule has 4 rings (SSSR count). The number of likely N-dealkylation sites (N-methyl/N-ethyl adjacent to an activating group) is 1. The van der Waals surface area contributed by atoms with Gasteiger partial charge in [0.15, 0.2) is 15.2 Å². The molecule has 240 valence electrons. The van der Waals surface area contributed by atoms with Crippen molar-refractivity contribution in [2.75, 3.05) is 25.4 Å². The van der Waals surface area contributed by atoms with E-state index in [1.165, 1.54) is 29.2 Å². The lowest BCUT2D eigenvalue weighted by molar-refractivity contribution is -0.153. The molecular weight excluding hydrogens is 620 g/mol. The number of amides is 7. The van der Waals surface area contributed by atoms with Gasteiger partial charge in [0.25, 0.3) is 5.91 Å². The van der Waals surface area contributed by atoms with Crippen LogP contribution in [-0.2, 0) is 48.1 Å². The summed E-state index contributed by atoms with van der Waals surface area (Å²) in [5, 5.41) is 14.8. The Labute approximate surface area is 255 Å². The number of urea groups is 1. The van der Waals surface area contributed by atoms with Gasteiger partial charge < -0.3 is 30.7 Å². The molecule has 19 heteroatoms. The van der Waals surface area contributed by atoms with E-state index in [0.717, 1.165) is 6.92 Å². The second kappa shape index (κ2) is 12.7. The van der Waals surface area contributed by atoms with Gasteiger partial charge in [0, 0.05) is 32.1 Å². The maximum absolute atomic E-state index is 13.7. The number of carbonyl (C=O) groups excluding carboxylic acids is 7. The van der Waals surface area contributed by atoms with Crippen molar-refractivity contribution in [3.63, 3.8) is 0 Å². The van der Waals surface area contributed by atoms with Gasteiger partial charge in [-0.2, -0.15) is 0 Å². The predicted octanol–water partition coefficient (Wildman–Crippen LogP) is -2.82. The summed E-state index contributed by atoms with van der Waals surface area (Å²) in [6.45, 7) is 2.65. The molecular formula is C26H28N6O12S. The third-order valence-corrected chi connectivity index (χ3v) is 9.17. The Bertz CT molecular complexity index is 1610. The van der Waals surface area contributed by atoms with E-state index in [-0.39, 0.29) is 31.6 Å². The average Bonchev–Trinajstić information content (AvgIpc) is 2.98. The summed E-state index contributed by atoms with van der Waals surface area (Å²) in [4.78, 5) is 102. The van der Waals surface area contributed by atoms with Crippen LogP contribution in [0.15, 0.2) is 41.6 Å². The Hall–Kier alpha value is -5.33. The second-order valence-electron chi connectivity index (χ2n) is 9.98. The molecule has 2 unspecified atom stereocenters. The van der Waals surface area contributed by atoms with Gasteiger partial charge in [0.05, 0.1) is 5.75 Å². The molecule has 3 heterocycles. The SMILES string of the molecule is CCN1CCN(C(=O)NC(C(=O)NC(OC(C)=O)C2=C(C(=O)O)N3C(=O)[C@@H](NC=O)[C@H]3S(=O)(=O)C2)c2ccccc2)C(=O)C1=O. The Kier molecular flexibility index (Phi) is 9.21. The molecule has 2 saturated heterocycles. The van der Waals surface area contributed by atoms with Crippen LogP contribution in [0.1, 0.15) is 25.5 Å². The number of benzene rings is 1.